The fraction of sp³-hybridized carbons (Fsp3) is 0.667. The lowest BCUT2D eigenvalue weighted by molar-refractivity contribution is 0.0717. The molecule has 1 heterocycles. The Balaban J connectivity index is 2.04. The van der Waals surface area contributed by atoms with Gasteiger partial charge < -0.3 is 4.52 Å². The highest BCUT2D eigenvalue weighted by atomic mass is 16.7. The van der Waals surface area contributed by atoms with E-state index in [-0.39, 0.29) is 0 Å². The lowest BCUT2D eigenvalue weighted by Crippen LogP contribution is -2.40. The van der Waals surface area contributed by atoms with E-state index in [1.165, 1.54) is 19.3 Å². The number of hydroxylamine groups is 1. The third kappa shape index (κ3) is 1.67. The molecule has 0 unspecified atom stereocenters. The van der Waals surface area contributed by atoms with Crippen LogP contribution in [0.5, 0.6) is 0 Å². The molecule has 1 aromatic heterocycles. The average molecular weight is 182 g/mol. The largest absolute Gasteiger partial charge is 0.363 e. The highest BCUT2D eigenvalue weighted by molar-refractivity contribution is 5.34. The number of hydrogen-bond acceptors (Lipinski definition) is 4. The second-order valence-corrected chi connectivity index (χ2v) is 3.19. The minimum Gasteiger partial charge on any atom is -0.363 e. The first-order chi connectivity index (χ1) is 6.42. The molecular weight excluding hydrogens is 168 g/mol. The zero-order chi connectivity index (χ0) is 9.10. The molecule has 13 heavy (non-hydrogen) atoms. The predicted octanol–water partition coefficient (Wildman–Crippen LogP) is 1.99. The van der Waals surface area contributed by atoms with Crippen molar-refractivity contribution < 1.29 is 9.36 Å². The summed E-state index contributed by atoms with van der Waals surface area (Å²) in [5, 5.41) is 5.73. The van der Waals surface area contributed by atoms with Crippen LogP contribution in [-0.4, -0.2) is 17.8 Å². The van der Waals surface area contributed by atoms with Crippen molar-refractivity contribution in [2.24, 2.45) is 0 Å². The summed E-state index contributed by atoms with van der Waals surface area (Å²) in [6, 6.07) is 2.32. The Morgan fingerprint density at radius 2 is 2.54 bits per heavy atom. The molecule has 1 aliphatic carbocycles. The number of rotatable bonds is 4. The van der Waals surface area contributed by atoms with Crippen molar-refractivity contribution in [1.29, 1.82) is 0 Å². The van der Waals surface area contributed by atoms with Crippen LogP contribution < -0.4 is 5.06 Å². The van der Waals surface area contributed by atoms with Gasteiger partial charge in [-0.3, -0.25) is 4.84 Å². The molecule has 0 bridgehead atoms. The van der Waals surface area contributed by atoms with Gasteiger partial charge in [-0.1, -0.05) is 5.16 Å². The molecule has 72 valence electrons. The van der Waals surface area contributed by atoms with E-state index >= 15 is 0 Å². The average Bonchev–Trinajstić information content (AvgIpc) is 2.51. The topological polar surface area (TPSA) is 38.5 Å². The molecule has 0 atom stereocenters. The minimum absolute atomic E-state index is 0.491. The maximum Gasteiger partial charge on any atom is 0.195 e. The van der Waals surface area contributed by atoms with Crippen LogP contribution in [0.1, 0.15) is 26.2 Å². The van der Waals surface area contributed by atoms with Gasteiger partial charge in [0.2, 0.25) is 0 Å². The summed E-state index contributed by atoms with van der Waals surface area (Å²) in [7, 11) is 0. The summed E-state index contributed by atoms with van der Waals surface area (Å²) in [4.78, 5) is 5.50. The van der Waals surface area contributed by atoms with Crippen molar-refractivity contribution in [2.75, 3.05) is 11.7 Å². The maximum absolute atomic E-state index is 5.50. The Bertz CT molecular complexity index is 244. The Labute approximate surface area is 77.4 Å². The Kier molecular flexibility index (Phi) is 2.49. The molecule has 0 saturated heterocycles. The van der Waals surface area contributed by atoms with Gasteiger partial charge in [0.05, 0.1) is 12.6 Å². The van der Waals surface area contributed by atoms with E-state index < -0.39 is 0 Å². The van der Waals surface area contributed by atoms with Crippen LogP contribution in [0.25, 0.3) is 0 Å². The van der Waals surface area contributed by atoms with Gasteiger partial charge in [-0.2, -0.15) is 0 Å². The van der Waals surface area contributed by atoms with E-state index in [2.05, 4.69) is 5.16 Å². The molecule has 0 spiro atoms. The fourth-order valence-electron chi connectivity index (χ4n) is 1.44. The molecular formula is C9H14N2O2. The molecule has 1 saturated carbocycles. The molecule has 0 N–H and O–H groups in total. The van der Waals surface area contributed by atoms with E-state index in [1.54, 1.807) is 6.26 Å². The van der Waals surface area contributed by atoms with Crippen LogP contribution in [0, 0.1) is 0 Å². The standard InChI is InChI=1S/C9H14N2O2/c1-2-13-11(8-4-3-5-8)9-6-7-12-10-9/h6-8H,2-5H2,1H3. The summed E-state index contributed by atoms with van der Waals surface area (Å²) in [5.41, 5.74) is 0. The molecule has 4 heteroatoms. The summed E-state index contributed by atoms with van der Waals surface area (Å²) in [6.07, 6.45) is 5.23. The minimum atomic E-state index is 0.491. The zero-order valence-electron chi connectivity index (χ0n) is 7.77. The fourth-order valence-corrected chi connectivity index (χ4v) is 1.44. The van der Waals surface area contributed by atoms with E-state index in [9.17, 15) is 0 Å². The van der Waals surface area contributed by atoms with E-state index in [4.69, 9.17) is 9.36 Å². The van der Waals surface area contributed by atoms with Gasteiger partial charge in [0.1, 0.15) is 6.26 Å². The molecule has 1 aromatic rings. The second kappa shape index (κ2) is 3.79. The third-order valence-corrected chi connectivity index (χ3v) is 2.32. The molecule has 1 fully saturated rings. The van der Waals surface area contributed by atoms with Gasteiger partial charge in [-0.25, -0.2) is 5.06 Å². The van der Waals surface area contributed by atoms with Crippen molar-refractivity contribution >= 4 is 5.82 Å². The maximum atomic E-state index is 5.50. The molecule has 0 aromatic carbocycles. The van der Waals surface area contributed by atoms with E-state index in [0.717, 1.165) is 5.82 Å². The first kappa shape index (κ1) is 8.56. The van der Waals surface area contributed by atoms with Crippen molar-refractivity contribution in [3.8, 4) is 0 Å². The summed E-state index contributed by atoms with van der Waals surface area (Å²) in [5.74, 6) is 0.784. The lowest BCUT2D eigenvalue weighted by Gasteiger charge is -2.35. The molecule has 0 aliphatic heterocycles. The van der Waals surface area contributed by atoms with Crippen LogP contribution in [0.4, 0.5) is 5.82 Å². The SMILES string of the molecule is CCON(c1ccon1)C1CCC1. The first-order valence-electron chi connectivity index (χ1n) is 4.74. The number of nitrogens with zero attached hydrogens (tertiary/aromatic N) is 2. The van der Waals surface area contributed by atoms with Crippen LogP contribution >= 0.6 is 0 Å². The van der Waals surface area contributed by atoms with Crippen molar-refractivity contribution in [3.05, 3.63) is 12.3 Å². The Morgan fingerprint density at radius 3 is 3.00 bits per heavy atom. The van der Waals surface area contributed by atoms with Gasteiger partial charge in [0.25, 0.3) is 0 Å². The van der Waals surface area contributed by atoms with Crippen molar-refractivity contribution in [3.63, 3.8) is 0 Å². The summed E-state index contributed by atoms with van der Waals surface area (Å²) >= 11 is 0. The molecule has 1 aliphatic rings. The third-order valence-electron chi connectivity index (χ3n) is 2.32. The number of hydrogen-bond donors (Lipinski definition) is 0. The van der Waals surface area contributed by atoms with Gasteiger partial charge in [-0.05, 0) is 26.2 Å². The van der Waals surface area contributed by atoms with Crippen LogP contribution in [0.3, 0.4) is 0 Å². The monoisotopic (exact) mass is 182 g/mol. The summed E-state index contributed by atoms with van der Waals surface area (Å²) < 4.78 is 4.79. The highest BCUT2D eigenvalue weighted by Gasteiger charge is 2.27. The Hall–Kier alpha value is -1.03. The molecule has 2 rings (SSSR count). The van der Waals surface area contributed by atoms with Crippen molar-refractivity contribution in [2.45, 2.75) is 32.2 Å². The quantitative estimate of drug-likeness (QED) is 0.667. The van der Waals surface area contributed by atoms with E-state index in [1.807, 2.05) is 18.1 Å². The first-order valence-corrected chi connectivity index (χ1v) is 4.74. The van der Waals surface area contributed by atoms with Crippen LogP contribution in [-0.2, 0) is 4.84 Å². The summed E-state index contributed by atoms with van der Waals surface area (Å²) in [6.45, 7) is 2.65. The predicted molar refractivity (Wildman–Crippen MR) is 48.2 cm³/mol. The van der Waals surface area contributed by atoms with Gasteiger partial charge >= 0.3 is 0 Å². The highest BCUT2D eigenvalue weighted by Crippen LogP contribution is 2.28. The zero-order valence-corrected chi connectivity index (χ0v) is 7.77. The number of anilines is 1. The van der Waals surface area contributed by atoms with Gasteiger partial charge in [0, 0.05) is 6.07 Å². The molecule has 4 nitrogen and oxygen atoms in total. The Morgan fingerprint density at radius 1 is 1.69 bits per heavy atom. The lowest BCUT2D eigenvalue weighted by atomic mass is 9.93. The smallest absolute Gasteiger partial charge is 0.195 e. The van der Waals surface area contributed by atoms with Gasteiger partial charge in [-0.15, -0.1) is 0 Å². The van der Waals surface area contributed by atoms with Crippen LogP contribution in [0.2, 0.25) is 0 Å². The molecule has 0 radical (unpaired) electrons. The van der Waals surface area contributed by atoms with Crippen LogP contribution in [0.15, 0.2) is 16.9 Å². The second-order valence-electron chi connectivity index (χ2n) is 3.19. The van der Waals surface area contributed by atoms with Crippen molar-refractivity contribution in [1.82, 2.24) is 5.16 Å². The number of aromatic nitrogens is 1. The molecule has 0 amide bonds. The normalized spacial score (nSPS) is 17.0. The van der Waals surface area contributed by atoms with E-state index in [0.29, 0.717) is 12.6 Å². The van der Waals surface area contributed by atoms with Gasteiger partial charge in [0.15, 0.2) is 5.82 Å².